The maximum Gasteiger partial charge on any atom is 0.258 e. The number of primary sulfonamides is 1. The van der Waals surface area contributed by atoms with E-state index in [2.05, 4.69) is 9.98 Å². The minimum absolute atomic E-state index is 0.00506. The molecular weight excluding hydrogens is 426 g/mol. The number of hydrogen-bond acceptors (Lipinski definition) is 5. The quantitative estimate of drug-likeness (QED) is 0.405. The Kier molecular flexibility index (Phi) is 5.65. The zero-order valence-electron chi connectivity index (χ0n) is 17.2. The second-order valence-corrected chi connectivity index (χ2v) is 8.94. The zero-order chi connectivity index (χ0) is 22.9. The van der Waals surface area contributed by atoms with E-state index in [1.807, 2.05) is 43.3 Å². The first-order valence-electron chi connectivity index (χ1n) is 9.81. The molecule has 1 aromatic heterocycles. The number of benzene rings is 3. The molecule has 0 unspecified atom stereocenters. The Morgan fingerprint density at radius 2 is 1.75 bits per heavy atom. The minimum Gasteiger partial charge on any atom is -0.494 e. The molecular formula is C24H21N3O4S. The lowest BCUT2D eigenvalue weighted by atomic mass is 9.97. The number of aromatic amines is 1. The summed E-state index contributed by atoms with van der Waals surface area (Å²) in [5.41, 5.74) is 3.35. The van der Waals surface area contributed by atoms with Gasteiger partial charge in [0, 0.05) is 17.0 Å². The fraction of sp³-hybridized carbons (Fsp3) is 0.0833. The minimum atomic E-state index is -3.89. The van der Waals surface area contributed by atoms with Crippen molar-refractivity contribution in [2.75, 3.05) is 0 Å². The molecule has 8 heteroatoms. The van der Waals surface area contributed by atoms with E-state index in [1.165, 1.54) is 12.3 Å². The number of aliphatic imine (C=N–C) groups is 1. The number of rotatable bonds is 5. The van der Waals surface area contributed by atoms with Crippen LogP contribution in [0, 0.1) is 6.92 Å². The molecule has 0 atom stereocenters. The standard InChI is InChI=1S/C24H21N3O4S/c1-15-6-2-4-8-18(15)16-10-11-19-20(12-16)21(24(29)27-23(19)28)14-26-13-17-7-3-5-9-22(17)32(25,30)31/h2-12,14H,13H2,1H3,(H2,25,30,31)(H2,27,28,29). The third kappa shape index (κ3) is 4.18. The van der Waals surface area contributed by atoms with E-state index in [0.29, 0.717) is 21.9 Å². The number of nitrogens with one attached hydrogen (secondary N) is 1. The van der Waals surface area contributed by atoms with E-state index in [-0.39, 0.29) is 17.3 Å². The van der Waals surface area contributed by atoms with Crippen molar-refractivity contribution in [3.8, 4) is 17.0 Å². The summed E-state index contributed by atoms with van der Waals surface area (Å²) < 4.78 is 23.6. The van der Waals surface area contributed by atoms with E-state index in [0.717, 1.165) is 16.7 Å². The van der Waals surface area contributed by atoms with Crippen molar-refractivity contribution in [1.29, 1.82) is 0 Å². The van der Waals surface area contributed by atoms with Gasteiger partial charge in [-0.15, -0.1) is 0 Å². The highest BCUT2D eigenvalue weighted by Gasteiger charge is 2.14. The highest BCUT2D eigenvalue weighted by atomic mass is 32.2. The Morgan fingerprint density at radius 3 is 2.50 bits per heavy atom. The monoisotopic (exact) mass is 447 g/mol. The summed E-state index contributed by atoms with van der Waals surface area (Å²) in [7, 11) is -3.89. The van der Waals surface area contributed by atoms with Gasteiger partial charge in [-0.25, -0.2) is 13.6 Å². The normalized spacial score (nSPS) is 11.9. The number of aromatic hydroxyl groups is 1. The highest BCUT2D eigenvalue weighted by Crippen LogP contribution is 2.29. The maximum absolute atomic E-state index is 12.4. The topological polar surface area (TPSA) is 126 Å². The van der Waals surface area contributed by atoms with Crippen LogP contribution in [0.3, 0.4) is 0 Å². The Morgan fingerprint density at radius 1 is 1.03 bits per heavy atom. The van der Waals surface area contributed by atoms with Gasteiger partial charge in [0.2, 0.25) is 15.9 Å². The number of aryl methyl sites for hydroxylation is 1. The summed E-state index contributed by atoms with van der Waals surface area (Å²) in [6, 6.07) is 19.6. The molecule has 0 saturated heterocycles. The van der Waals surface area contributed by atoms with Gasteiger partial charge in [-0.3, -0.25) is 14.8 Å². The molecule has 0 bridgehead atoms. The molecule has 4 N–H and O–H groups in total. The highest BCUT2D eigenvalue weighted by molar-refractivity contribution is 7.89. The van der Waals surface area contributed by atoms with Crippen molar-refractivity contribution >= 4 is 27.0 Å². The van der Waals surface area contributed by atoms with Crippen LogP contribution in [0.1, 0.15) is 16.7 Å². The molecule has 0 aliphatic carbocycles. The molecule has 7 nitrogen and oxygen atoms in total. The van der Waals surface area contributed by atoms with Crippen molar-refractivity contribution < 1.29 is 13.5 Å². The van der Waals surface area contributed by atoms with Crippen LogP contribution in [-0.2, 0) is 16.6 Å². The molecule has 162 valence electrons. The van der Waals surface area contributed by atoms with E-state index in [9.17, 15) is 18.3 Å². The van der Waals surface area contributed by atoms with Gasteiger partial charge in [0.15, 0.2) is 0 Å². The molecule has 0 aliphatic rings. The summed E-state index contributed by atoms with van der Waals surface area (Å²) >= 11 is 0. The summed E-state index contributed by atoms with van der Waals surface area (Å²) in [5.74, 6) is -0.312. The van der Waals surface area contributed by atoms with Gasteiger partial charge < -0.3 is 5.11 Å². The Bertz CT molecular complexity index is 1520. The smallest absolute Gasteiger partial charge is 0.258 e. The number of fused-ring (bicyclic) bond motifs is 1. The predicted molar refractivity (Wildman–Crippen MR) is 126 cm³/mol. The lowest BCUT2D eigenvalue weighted by molar-refractivity contribution is 0.452. The zero-order valence-corrected chi connectivity index (χ0v) is 18.1. The third-order valence-electron chi connectivity index (χ3n) is 5.26. The molecule has 0 fully saturated rings. The Hall–Kier alpha value is -3.75. The second kappa shape index (κ2) is 8.41. The third-order valence-corrected chi connectivity index (χ3v) is 6.27. The van der Waals surface area contributed by atoms with Crippen LogP contribution in [0.4, 0.5) is 0 Å². The second-order valence-electron chi connectivity index (χ2n) is 7.41. The number of nitrogens with zero attached hydrogens (tertiary/aromatic N) is 1. The van der Waals surface area contributed by atoms with Gasteiger partial charge in [-0.2, -0.15) is 0 Å². The van der Waals surface area contributed by atoms with Crippen molar-refractivity contribution in [3.63, 3.8) is 0 Å². The van der Waals surface area contributed by atoms with Crippen LogP contribution >= 0.6 is 0 Å². The molecule has 4 rings (SSSR count). The lowest BCUT2D eigenvalue weighted by Gasteiger charge is -2.10. The molecule has 32 heavy (non-hydrogen) atoms. The molecule has 0 saturated carbocycles. The van der Waals surface area contributed by atoms with E-state index in [1.54, 1.807) is 24.3 Å². The van der Waals surface area contributed by atoms with Gasteiger partial charge in [0.05, 0.1) is 17.0 Å². The number of aromatic nitrogens is 1. The van der Waals surface area contributed by atoms with Crippen molar-refractivity contribution in [1.82, 2.24) is 4.98 Å². The van der Waals surface area contributed by atoms with Gasteiger partial charge in [0.25, 0.3) is 5.56 Å². The summed E-state index contributed by atoms with van der Waals surface area (Å²) in [6.45, 7) is 2.03. The Labute approximate surface area is 184 Å². The molecule has 3 aromatic carbocycles. The number of sulfonamides is 1. The number of hydrogen-bond donors (Lipinski definition) is 3. The Balaban J connectivity index is 1.80. The van der Waals surface area contributed by atoms with E-state index >= 15 is 0 Å². The SMILES string of the molecule is Cc1ccccc1-c1ccc2c(=O)[nH]c(O)c(C=NCc3ccccc3S(N)(=O)=O)c2c1. The van der Waals surface area contributed by atoms with Crippen molar-refractivity contribution in [3.05, 3.63) is 93.8 Å². The fourth-order valence-electron chi connectivity index (χ4n) is 3.68. The first kappa shape index (κ1) is 21.5. The van der Waals surface area contributed by atoms with Crippen LogP contribution in [-0.4, -0.2) is 24.7 Å². The van der Waals surface area contributed by atoms with E-state index in [4.69, 9.17) is 5.14 Å². The largest absolute Gasteiger partial charge is 0.494 e. The van der Waals surface area contributed by atoms with E-state index < -0.39 is 15.6 Å². The van der Waals surface area contributed by atoms with Crippen LogP contribution in [0.5, 0.6) is 5.88 Å². The average molecular weight is 448 g/mol. The summed E-state index contributed by atoms with van der Waals surface area (Å²) in [4.78, 5) is 19.1. The number of nitrogens with two attached hydrogens (primary N) is 1. The number of pyridine rings is 1. The number of H-pyrrole nitrogens is 1. The van der Waals surface area contributed by atoms with Crippen LogP contribution in [0.25, 0.3) is 21.9 Å². The summed E-state index contributed by atoms with van der Waals surface area (Å²) in [5, 5.41) is 16.7. The predicted octanol–water partition coefficient (Wildman–Crippen LogP) is 3.48. The van der Waals surface area contributed by atoms with Gasteiger partial charge in [-0.1, -0.05) is 48.5 Å². The molecule has 4 aromatic rings. The van der Waals surface area contributed by atoms with Crippen LogP contribution < -0.4 is 10.7 Å². The lowest BCUT2D eigenvalue weighted by Crippen LogP contribution is -2.14. The molecule has 0 amide bonds. The van der Waals surface area contributed by atoms with Gasteiger partial charge >= 0.3 is 0 Å². The first-order valence-corrected chi connectivity index (χ1v) is 11.4. The average Bonchev–Trinajstić information content (AvgIpc) is 2.75. The van der Waals surface area contributed by atoms with Crippen molar-refractivity contribution in [2.45, 2.75) is 18.4 Å². The fourth-order valence-corrected chi connectivity index (χ4v) is 4.44. The summed E-state index contributed by atoms with van der Waals surface area (Å²) in [6.07, 6.45) is 1.43. The molecule has 0 aliphatic heterocycles. The van der Waals surface area contributed by atoms with Gasteiger partial charge in [-0.05, 0) is 47.4 Å². The van der Waals surface area contributed by atoms with Crippen LogP contribution in [0.2, 0.25) is 0 Å². The molecule has 1 heterocycles. The molecule has 0 radical (unpaired) electrons. The van der Waals surface area contributed by atoms with Crippen molar-refractivity contribution in [2.24, 2.45) is 10.1 Å². The first-order chi connectivity index (χ1) is 15.3. The molecule has 0 spiro atoms. The van der Waals surface area contributed by atoms with Crippen LogP contribution in [0.15, 0.2) is 81.4 Å². The maximum atomic E-state index is 12.4. The van der Waals surface area contributed by atoms with Gasteiger partial charge in [0.1, 0.15) is 0 Å².